The van der Waals surface area contributed by atoms with Crippen LogP contribution >= 0.6 is 0 Å². The minimum absolute atomic E-state index is 0.00144. The lowest BCUT2D eigenvalue weighted by molar-refractivity contribution is -0.120. The fraction of sp³-hybridized carbons (Fsp3) is 0.667. The van der Waals surface area contributed by atoms with E-state index in [1.807, 2.05) is 0 Å². The molecular weight excluding hydrogens is 212 g/mol. The summed E-state index contributed by atoms with van der Waals surface area (Å²) < 4.78 is 0. The van der Waals surface area contributed by atoms with Crippen molar-refractivity contribution in [2.24, 2.45) is 17.3 Å². The van der Waals surface area contributed by atoms with Gasteiger partial charge in [0, 0.05) is 6.42 Å². The minimum Gasteiger partial charge on any atom is -0.392 e. The topological polar surface area (TPSA) is 37.3 Å². The van der Waals surface area contributed by atoms with E-state index in [2.05, 4.69) is 26.5 Å². The number of rotatable bonds is 2. The Labute approximate surface area is 103 Å². The number of fused-ring (bicyclic) bond motifs is 1. The Hall–Kier alpha value is -0.890. The number of aliphatic hydroxyl groups is 1. The third-order valence-corrected chi connectivity index (χ3v) is 4.83. The van der Waals surface area contributed by atoms with Crippen LogP contribution in [-0.2, 0) is 4.79 Å². The molecule has 1 fully saturated rings. The summed E-state index contributed by atoms with van der Waals surface area (Å²) in [6.45, 7) is 8.35. The SMILES string of the molecule is C=C(CO)[C@@H]1CC(=O)C2=CCC[C@@H](C)[C@@]2(C)C1. The second-order valence-corrected chi connectivity index (χ2v) is 5.86. The van der Waals surface area contributed by atoms with Crippen LogP contribution in [0.4, 0.5) is 0 Å². The predicted molar refractivity (Wildman–Crippen MR) is 68.5 cm³/mol. The second-order valence-electron chi connectivity index (χ2n) is 5.86. The predicted octanol–water partition coefficient (Wildman–Crippen LogP) is 2.88. The maximum atomic E-state index is 12.2. The zero-order chi connectivity index (χ0) is 12.6. The second kappa shape index (κ2) is 4.41. The van der Waals surface area contributed by atoms with Gasteiger partial charge < -0.3 is 5.11 Å². The Balaban J connectivity index is 2.31. The van der Waals surface area contributed by atoms with E-state index >= 15 is 0 Å². The normalized spacial score (nSPS) is 37.4. The summed E-state index contributed by atoms with van der Waals surface area (Å²) in [5.41, 5.74) is 1.85. The number of hydrogen-bond acceptors (Lipinski definition) is 2. The summed E-state index contributed by atoms with van der Waals surface area (Å²) in [6, 6.07) is 0. The fourth-order valence-electron chi connectivity index (χ4n) is 3.37. The average Bonchev–Trinajstić information content (AvgIpc) is 2.30. The van der Waals surface area contributed by atoms with E-state index < -0.39 is 0 Å². The highest BCUT2D eigenvalue weighted by Crippen LogP contribution is 2.51. The lowest BCUT2D eigenvalue weighted by Crippen LogP contribution is -2.41. The molecule has 0 spiro atoms. The molecular formula is C15H22O2. The fourth-order valence-corrected chi connectivity index (χ4v) is 3.37. The van der Waals surface area contributed by atoms with Crippen molar-refractivity contribution in [1.29, 1.82) is 0 Å². The van der Waals surface area contributed by atoms with Crippen molar-refractivity contribution >= 4 is 5.78 Å². The molecule has 2 heteroatoms. The molecule has 1 saturated carbocycles. The summed E-state index contributed by atoms with van der Waals surface area (Å²) in [5.74, 6) is 0.973. The number of hydrogen-bond donors (Lipinski definition) is 1. The van der Waals surface area contributed by atoms with Gasteiger partial charge in [-0.25, -0.2) is 0 Å². The Morgan fingerprint density at radius 2 is 2.35 bits per heavy atom. The first kappa shape index (κ1) is 12.6. The van der Waals surface area contributed by atoms with Crippen molar-refractivity contribution < 1.29 is 9.90 Å². The number of ketones is 1. The Morgan fingerprint density at radius 1 is 1.65 bits per heavy atom. The van der Waals surface area contributed by atoms with Gasteiger partial charge in [-0.1, -0.05) is 26.5 Å². The zero-order valence-electron chi connectivity index (χ0n) is 10.8. The molecule has 0 saturated heterocycles. The number of allylic oxidation sites excluding steroid dienone is 2. The molecule has 3 atom stereocenters. The van der Waals surface area contributed by atoms with Gasteiger partial charge in [-0.05, 0) is 47.7 Å². The Morgan fingerprint density at radius 3 is 3.00 bits per heavy atom. The van der Waals surface area contributed by atoms with Crippen LogP contribution in [0.3, 0.4) is 0 Å². The summed E-state index contributed by atoms with van der Waals surface area (Å²) in [7, 11) is 0. The molecule has 0 heterocycles. The first-order valence-corrected chi connectivity index (χ1v) is 6.51. The van der Waals surface area contributed by atoms with Gasteiger partial charge in [0.15, 0.2) is 5.78 Å². The summed E-state index contributed by atoms with van der Waals surface area (Å²) in [5, 5.41) is 9.19. The highest BCUT2D eigenvalue weighted by molar-refractivity contribution is 5.98. The molecule has 2 nitrogen and oxygen atoms in total. The van der Waals surface area contributed by atoms with E-state index in [0.29, 0.717) is 12.3 Å². The third kappa shape index (κ3) is 1.99. The maximum Gasteiger partial charge on any atom is 0.159 e. The van der Waals surface area contributed by atoms with E-state index in [1.165, 1.54) is 0 Å². The molecule has 0 aromatic heterocycles. The molecule has 2 rings (SSSR count). The molecule has 0 aromatic rings. The summed E-state index contributed by atoms with van der Waals surface area (Å²) in [4.78, 5) is 12.2. The van der Waals surface area contributed by atoms with E-state index in [0.717, 1.165) is 30.4 Å². The summed E-state index contributed by atoms with van der Waals surface area (Å²) in [6.07, 6.45) is 5.83. The Bertz CT molecular complexity index is 380. The monoisotopic (exact) mass is 234 g/mol. The molecule has 2 aliphatic rings. The van der Waals surface area contributed by atoms with Crippen molar-refractivity contribution in [2.75, 3.05) is 6.61 Å². The van der Waals surface area contributed by atoms with Crippen LogP contribution in [0.2, 0.25) is 0 Å². The van der Waals surface area contributed by atoms with Gasteiger partial charge in [-0.2, -0.15) is 0 Å². The third-order valence-electron chi connectivity index (χ3n) is 4.83. The van der Waals surface area contributed by atoms with Crippen molar-refractivity contribution in [3.63, 3.8) is 0 Å². The van der Waals surface area contributed by atoms with Crippen LogP contribution < -0.4 is 0 Å². The van der Waals surface area contributed by atoms with Gasteiger partial charge in [-0.3, -0.25) is 4.79 Å². The van der Waals surface area contributed by atoms with Crippen LogP contribution in [0.15, 0.2) is 23.8 Å². The van der Waals surface area contributed by atoms with Crippen LogP contribution in [0, 0.1) is 17.3 Å². The lowest BCUT2D eigenvalue weighted by Gasteiger charge is -2.46. The van der Waals surface area contributed by atoms with Gasteiger partial charge >= 0.3 is 0 Å². The smallest absolute Gasteiger partial charge is 0.159 e. The number of carbonyl (C=O) groups excluding carboxylic acids is 1. The highest BCUT2D eigenvalue weighted by atomic mass is 16.3. The maximum absolute atomic E-state index is 12.2. The quantitative estimate of drug-likeness (QED) is 0.746. The molecule has 2 aliphatic carbocycles. The van der Waals surface area contributed by atoms with Crippen LogP contribution in [0.5, 0.6) is 0 Å². The standard InChI is InChI=1S/C15H22O2/c1-10(9-16)12-7-14(17)13-6-4-5-11(2)15(13,3)8-12/h6,11-12,16H,1,4-5,7-9H2,2-3H3/t11-,12-,15-/m1/s1. The molecule has 1 N–H and O–H groups in total. The molecule has 0 amide bonds. The van der Waals surface area contributed by atoms with E-state index in [-0.39, 0.29) is 23.7 Å². The number of carbonyl (C=O) groups is 1. The van der Waals surface area contributed by atoms with Crippen LogP contribution in [0.1, 0.15) is 39.5 Å². The van der Waals surface area contributed by atoms with Crippen molar-refractivity contribution in [3.05, 3.63) is 23.8 Å². The van der Waals surface area contributed by atoms with E-state index in [9.17, 15) is 9.90 Å². The molecule has 17 heavy (non-hydrogen) atoms. The summed E-state index contributed by atoms with van der Waals surface area (Å²) >= 11 is 0. The Kier molecular flexibility index (Phi) is 3.26. The first-order chi connectivity index (χ1) is 7.99. The van der Waals surface area contributed by atoms with E-state index in [1.54, 1.807) is 0 Å². The molecule has 0 bridgehead atoms. The first-order valence-electron chi connectivity index (χ1n) is 6.51. The zero-order valence-corrected chi connectivity index (χ0v) is 10.8. The van der Waals surface area contributed by atoms with Crippen molar-refractivity contribution in [2.45, 2.75) is 39.5 Å². The van der Waals surface area contributed by atoms with Crippen molar-refractivity contribution in [3.8, 4) is 0 Å². The van der Waals surface area contributed by atoms with Crippen LogP contribution in [-0.4, -0.2) is 17.5 Å². The average molecular weight is 234 g/mol. The largest absolute Gasteiger partial charge is 0.392 e. The van der Waals surface area contributed by atoms with Crippen LogP contribution in [0.25, 0.3) is 0 Å². The highest BCUT2D eigenvalue weighted by Gasteiger charge is 2.45. The number of aliphatic hydroxyl groups excluding tert-OH is 1. The number of Topliss-reactive ketones (excluding diaryl/α,β-unsaturated/α-hetero) is 1. The van der Waals surface area contributed by atoms with Gasteiger partial charge in [0.05, 0.1) is 6.61 Å². The molecule has 0 aliphatic heterocycles. The molecule has 0 radical (unpaired) electrons. The molecule has 0 aromatic carbocycles. The minimum atomic E-state index is -0.00361. The van der Waals surface area contributed by atoms with Gasteiger partial charge in [-0.15, -0.1) is 0 Å². The molecule has 94 valence electrons. The molecule has 0 unspecified atom stereocenters. The van der Waals surface area contributed by atoms with Gasteiger partial charge in [0.2, 0.25) is 0 Å². The van der Waals surface area contributed by atoms with Crippen molar-refractivity contribution in [1.82, 2.24) is 0 Å². The van der Waals surface area contributed by atoms with Gasteiger partial charge in [0.25, 0.3) is 0 Å². The van der Waals surface area contributed by atoms with E-state index in [4.69, 9.17) is 0 Å². The van der Waals surface area contributed by atoms with Gasteiger partial charge in [0.1, 0.15) is 0 Å². The lowest BCUT2D eigenvalue weighted by atomic mass is 9.57.